The number of carbonyl (C=O) groups excluding carboxylic acids is 3. The lowest BCUT2D eigenvalue weighted by molar-refractivity contribution is -0.117. The summed E-state index contributed by atoms with van der Waals surface area (Å²) in [4.78, 5) is 36.5. The molecule has 0 saturated heterocycles. The van der Waals surface area contributed by atoms with Gasteiger partial charge < -0.3 is 9.69 Å². The van der Waals surface area contributed by atoms with Crippen LogP contribution in [0.25, 0.3) is 0 Å². The van der Waals surface area contributed by atoms with Crippen molar-refractivity contribution in [2.45, 2.75) is 33.1 Å². The maximum atomic E-state index is 12.0. The maximum absolute atomic E-state index is 12.0. The van der Waals surface area contributed by atoms with Crippen LogP contribution >= 0.6 is 15.9 Å². The third-order valence-electron chi connectivity index (χ3n) is 3.38. The van der Waals surface area contributed by atoms with Crippen LogP contribution < -0.4 is 4.90 Å². The first-order valence-corrected chi connectivity index (χ1v) is 7.37. The van der Waals surface area contributed by atoms with Crippen LogP contribution in [0.2, 0.25) is 0 Å². The monoisotopic (exact) mass is 337 g/mol. The van der Waals surface area contributed by atoms with Gasteiger partial charge in [0.15, 0.2) is 0 Å². The van der Waals surface area contributed by atoms with Gasteiger partial charge in [-0.2, -0.15) is 0 Å². The predicted octanol–water partition coefficient (Wildman–Crippen LogP) is 3.05. The van der Waals surface area contributed by atoms with E-state index in [9.17, 15) is 14.4 Å². The number of fused-ring (bicyclic) bond motifs is 1. The molecule has 2 rings (SSSR count). The summed E-state index contributed by atoms with van der Waals surface area (Å²) >= 11 is 3.34. The molecule has 0 N–H and O–H groups in total. The lowest BCUT2D eigenvalue weighted by Crippen LogP contribution is -2.31. The number of unbranched alkanes of at least 4 members (excludes halogenated alkanes) is 1. The van der Waals surface area contributed by atoms with Crippen LogP contribution in [0.1, 0.15) is 42.1 Å². The van der Waals surface area contributed by atoms with Crippen molar-refractivity contribution < 1.29 is 14.4 Å². The second kappa shape index (κ2) is 5.87. The van der Waals surface area contributed by atoms with E-state index in [1.165, 1.54) is 0 Å². The summed E-state index contributed by atoms with van der Waals surface area (Å²) < 4.78 is 0.799. The normalized spacial score (nSPS) is 13.8. The number of halogens is 1. The topological polar surface area (TPSA) is 54.5 Å². The highest BCUT2D eigenvalue weighted by molar-refractivity contribution is 9.10. The predicted molar refractivity (Wildman–Crippen MR) is 80.1 cm³/mol. The molecule has 4 nitrogen and oxygen atoms in total. The van der Waals surface area contributed by atoms with Crippen molar-refractivity contribution in [2.75, 3.05) is 11.4 Å². The molecule has 1 aromatic rings. The fourth-order valence-electron chi connectivity index (χ4n) is 2.46. The van der Waals surface area contributed by atoms with Crippen molar-refractivity contribution >= 4 is 39.1 Å². The summed E-state index contributed by atoms with van der Waals surface area (Å²) in [5, 5.41) is 0. The Morgan fingerprint density at radius 3 is 2.60 bits per heavy atom. The lowest BCUT2D eigenvalue weighted by Gasteiger charge is -2.18. The minimum absolute atomic E-state index is 0.148. The molecule has 0 bridgehead atoms. The van der Waals surface area contributed by atoms with Crippen LogP contribution in [0.4, 0.5) is 5.69 Å². The van der Waals surface area contributed by atoms with E-state index in [0.717, 1.165) is 16.5 Å². The Labute approximate surface area is 126 Å². The van der Waals surface area contributed by atoms with Gasteiger partial charge >= 0.3 is 0 Å². The number of ketones is 2. The molecule has 1 aliphatic heterocycles. The van der Waals surface area contributed by atoms with Crippen LogP contribution in [0.5, 0.6) is 0 Å². The molecule has 0 fully saturated rings. The van der Waals surface area contributed by atoms with Gasteiger partial charge in [-0.15, -0.1) is 0 Å². The fraction of sp³-hybridized carbons (Fsp3) is 0.400. The molecular weight excluding hydrogens is 322 g/mol. The van der Waals surface area contributed by atoms with E-state index in [-0.39, 0.29) is 5.78 Å². The quantitative estimate of drug-likeness (QED) is 0.612. The smallest absolute Gasteiger partial charge is 0.299 e. The SMILES string of the molecule is CC(=O)CCCCN1C(=O)C(=O)c2cc(Br)cc(C)c21. The summed E-state index contributed by atoms with van der Waals surface area (Å²) in [5.74, 6) is -0.769. The van der Waals surface area contributed by atoms with Crippen molar-refractivity contribution in [3.8, 4) is 0 Å². The van der Waals surface area contributed by atoms with Crippen LogP contribution in [0.15, 0.2) is 16.6 Å². The molecule has 1 aliphatic rings. The highest BCUT2D eigenvalue weighted by atomic mass is 79.9. The van der Waals surface area contributed by atoms with Gasteiger partial charge in [-0.3, -0.25) is 9.59 Å². The van der Waals surface area contributed by atoms with Gasteiger partial charge in [-0.25, -0.2) is 0 Å². The third-order valence-corrected chi connectivity index (χ3v) is 3.84. The first kappa shape index (κ1) is 14.9. The molecule has 5 heteroatoms. The van der Waals surface area contributed by atoms with E-state index in [0.29, 0.717) is 30.6 Å². The van der Waals surface area contributed by atoms with Crippen LogP contribution in [-0.2, 0) is 9.59 Å². The van der Waals surface area contributed by atoms with E-state index in [2.05, 4.69) is 15.9 Å². The second-order valence-corrected chi connectivity index (χ2v) is 5.98. The van der Waals surface area contributed by atoms with E-state index in [4.69, 9.17) is 0 Å². The minimum Gasteiger partial charge on any atom is -0.304 e. The summed E-state index contributed by atoms with van der Waals surface area (Å²) in [7, 11) is 0. The summed E-state index contributed by atoms with van der Waals surface area (Å²) in [5.41, 5.74) is 2.08. The first-order chi connectivity index (χ1) is 9.41. The summed E-state index contributed by atoms with van der Waals surface area (Å²) in [6.07, 6.45) is 1.97. The maximum Gasteiger partial charge on any atom is 0.299 e. The van der Waals surface area contributed by atoms with Crippen molar-refractivity contribution in [1.82, 2.24) is 0 Å². The number of rotatable bonds is 5. The minimum atomic E-state index is -0.468. The number of anilines is 1. The number of hydrogen-bond donors (Lipinski definition) is 0. The Bertz CT molecular complexity index is 595. The fourth-order valence-corrected chi connectivity index (χ4v) is 3.04. The van der Waals surface area contributed by atoms with Crippen molar-refractivity contribution in [1.29, 1.82) is 0 Å². The van der Waals surface area contributed by atoms with Gasteiger partial charge in [0.2, 0.25) is 0 Å². The molecule has 20 heavy (non-hydrogen) atoms. The first-order valence-electron chi connectivity index (χ1n) is 6.57. The molecule has 0 radical (unpaired) electrons. The number of carbonyl (C=O) groups is 3. The molecule has 1 heterocycles. The molecule has 0 aliphatic carbocycles. The highest BCUT2D eigenvalue weighted by Crippen LogP contribution is 2.35. The lowest BCUT2D eigenvalue weighted by atomic mass is 10.1. The average Bonchev–Trinajstić information content (AvgIpc) is 2.59. The van der Waals surface area contributed by atoms with Gasteiger partial charge in [0, 0.05) is 17.4 Å². The summed E-state index contributed by atoms with van der Waals surface area (Å²) in [6, 6.07) is 3.59. The number of benzene rings is 1. The molecular formula is C15H16BrNO3. The highest BCUT2D eigenvalue weighted by Gasteiger charge is 2.36. The Balaban J connectivity index is 2.18. The number of hydrogen-bond acceptors (Lipinski definition) is 3. The van der Waals surface area contributed by atoms with Gasteiger partial charge in [-0.1, -0.05) is 15.9 Å². The molecule has 0 spiro atoms. The molecule has 1 amide bonds. The number of aryl methyl sites for hydroxylation is 1. The van der Waals surface area contributed by atoms with E-state index in [1.807, 2.05) is 13.0 Å². The van der Waals surface area contributed by atoms with Crippen molar-refractivity contribution in [3.63, 3.8) is 0 Å². The standard InChI is InChI=1S/C15H16BrNO3/c1-9-7-11(16)8-12-13(9)17(15(20)14(12)19)6-4-3-5-10(2)18/h7-8H,3-6H2,1-2H3. The van der Waals surface area contributed by atoms with Gasteiger partial charge in [0.25, 0.3) is 11.7 Å². The Hall–Kier alpha value is -1.49. The number of nitrogens with zero attached hydrogens (tertiary/aromatic N) is 1. The zero-order chi connectivity index (χ0) is 14.9. The molecule has 106 valence electrons. The largest absolute Gasteiger partial charge is 0.304 e. The Morgan fingerprint density at radius 1 is 1.25 bits per heavy atom. The molecule has 1 aromatic carbocycles. The van der Waals surface area contributed by atoms with Crippen LogP contribution in [-0.4, -0.2) is 24.0 Å². The molecule has 0 atom stereocenters. The Kier molecular flexibility index (Phi) is 4.38. The zero-order valence-electron chi connectivity index (χ0n) is 11.5. The van der Waals surface area contributed by atoms with Gasteiger partial charge in [0.05, 0.1) is 11.3 Å². The average molecular weight is 338 g/mol. The Morgan fingerprint density at radius 2 is 1.95 bits per heavy atom. The number of Topliss-reactive ketones (excluding diaryl/α,β-unsaturated/α-hetero) is 2. The van der Waals surface area contributed by atoms with Crippen molar-refractivity contribution in [2.24, 2.45) is 0 Å². The van der Waals surface area contributed by atoms with Crippen molar-refractivity contribution in [3.05, 3.63) is 27.7 Å². The molecule has 0 unspecified atom stereocenters. The molecule has 0 aromatic heterocycles. The number of amides is 1. The third kappa shape index (κ3) is 2.82. The van der Waals surface area contributed by atoms with E-state index >= 15 is 0 Å². The molecule has 0 saturated carbocycles. The van der Waals surface area contributed by atoms with Crippen LogP contribution in [0, 0.1) is 6.92 Å². The summed E-state index contributed by atoms with van der Waals surface area (Å²) in [6.45, 7) is 3.92. The van der Waals surface area contributed by atoms with E-state index < -0.39 is 11.7 Å². The van der Waals surface area contributed by atoms with Crippen LogP contribution in [0.3, 0.4) is 0 Å². The second-order valence-electron chi connectivity index (χ2n) is 5.06. The van der Waals surface area contributed by atoms with Gasteiger partial charge in [0.1, 0.15) is 5.78 Å². The van der Waals surface area contributed by atoms with E-state index in [1.54, 1.807) is 17.9 Å². The van der Waals surface area contributed by atoms with Gasteiger partial charge in [-0.05, 0) is 44.4 Å². The zero-order valence-corrected chi connectivity index (χ0v) is 13.1.